The highest BCUT2D eigenvalue weighted by Gasteiger charge is 2.29. The first kappa shape index (κ1) is 13.7. The molecule has 0 aromatic heterocycles. The van der Waals surface area contributed by atoms with Gasteiger partial charge in [0.1, 0.15) is 11.6 Å². The van der Waals surface area contributed by atoms with Crippen molar-refractivity contribution in [3.8, 4) is 0 Å². The van der Waals surface area contributed by atoms with E-state index in [1.165, 1.54) is 0 Å². The zero-order valence-electron chi connectivity index (χ0n) is 11.0. The van der Waals surface area contributed by atoms with Crippen molar-refractivity contribution >= 4 is 5.97 Å². The normalized spacial score (nSPS) is 13.2. The number of rotatable bonds is 5. The van der Waals surface area contributed by atoms with E-state index in [4.69, 9.17) is 4.74 Å². The van der Waals surface area contributed by atoms with Crippen molar-refractivity contribution in [1.29, 1.82) is 0 Å². The van der Waals surface area contributed by atoms with E-state index in [0.29, 0.717) is 0 Å². The first-order valence-electron chi connectivity index (χ1n) is 5.98. The Balaban J connectivity index is 2.63. The van der Waals surface area contributed by atoms with Gasteiger partial charge in [-0.3, -0.25) is 4.79 Å². The molecule has 0 aliphatic carbocycles. The molecule has 0 aliphatic rings. The van der Waals surface area contributed by atoms with Crippen LogP contribution in [0.2, 0.25) is 0 Å². The Labute approximate surface area is 103 Å². The first-order chi connectivity index (χ1) is 7.97. The number of carbonyl (C=O) groups is 1. The minimum Gasteiger partial charge on any atom is -0.456 e. The summed E-state index contributed by atoms with van der Waals surface area (Å²) in [5.41, 5.74) is 0.366. The number of esters is 1. The van der Waals surface area contributed by atoms with Gasteiger partial charge in [0.15, 0.2) is 0 Å². The van der Waals surface area contributed by atoms with Crippen molar-refractivity contribution < 1.29 is 9.53 Å². The summed E-state index contributed by atoms with van der Waals surface area (Å²) in [6.45, 7) is 8.25. The molecule has 1 unspecified atom stereocenters. The molecule has 1 atom stereocenters. The van der Waals surface area contributed by atoms with Crippen LogP contribution in [0.25, 0.3) is 0 Å². The summed E-state index contributed by atoms with van der Waals surface area (Å²) < 4.78 is 5.45. The van der Waals surface area contributed by atoms with Crippen molar-refractivity contribution in [1.82, 2.24) is 5.32 Å². The lowest BCUT2D eigenvalue weighted by molar-refractivity contribution is -0.155. The van der Waals surface area contributed by atoms with Crippen LogP contribution in [0.4, 0.5) is 0 Å². The quantitative estimate of drug-likeness (QED) is 0.797. The maximum atomic E-state index is 12.0. The molecule has 0 saturated heterocycles. The highest BCUT2D eigenvalue weighted by molar-refractivity contribution is 5.80. The third-order valence-corrected chi connectivity index (χ3v) is 2.68. The summed E-state index contributed by atoms with van der Waals surface area (Å²) in [6, 6.07) is 9.74. The fourth-order valence-electron chi connectivity index (χ4n) is 1.61. The lowest BCUT2D eigenvalue weighted by atomic mass is 10.1. The van der Waals surface area contributed by atoms with E-state index in [1.807, 2.05) is 58.0 Å². The third-order valence-electron chi connectivity index (χ3n) is 2.68. The molecule has 94 valence electrons. The standard InChI is InChI=1S/C14H21NO2/c1-5-15-14(3,4)13(16)17-11(2)12-9-7-6-8-10-12/h6-11,15H,5H2,1-4H3. The van der Waals surface area contributed by atoms with Crippen molar-refractivity contribution in [2.24, 2.45) is 0 Å². The van der Waals surface area contributed by atoms with Crippen LogP contribution in [0, 0.1) is 0 Å². The largest absolute Gasteiger partial charge is 0.456 e. The van der Waals surface area contributed by atoms with Crippen LogP contribution in [-0.4, -0.2) is 18.1 Å². The van der Waals surface area contributed by atoms with E-state index in [9.17, 15) is 4.79 Å². The van der Waals surface area contributed by atoms with E-state index < -0.39 is 5.54 Å². The van der Waals surface area contributed by atoms with Crippen molar-refractivity contribution in [3.05, 3.63) is 35.9 Å². The second kappa shape index (κ2) is 5.82. The monoisotopic (exact) mass is 235 g/mol. The second-order valence-corrected chi connectivity index (χ2v) is 4.61. The Kier molecular flexibility index (Phi) is 4.70. The molecule has 0 fully saturated rings. The summed E-state index contributed by atoms with van der Waals surface area (Å²) >= 11 is 0. The first-order valence-corrected chi connectivity index (χ1v) is 5.98. The van der Waals surface area contributed by atoms with Gasteiger partial charge in [-0.1, -0.05) is 37.3 Å². The molecule has 0 spiro atoms. The summed E-state index contributed by atoms with van der Waals surface area (Å²) in [5.74, 6) is -0.226. The molecule has 1 aromatic carbocycles. The number of ether oxygens (including phenoxy) is 1. The van der Waals surface area contributed by atoms with E-state index in [0.717, 1.165) is 12.1 Å². The van der Waals surface area contributed by atoms with Gasteiger partial charge < -0.3 is 10.1 Å². The van der Waals surface area contributed by atoms with Crippen LogP contribution in [0.15, 0.2) is 30.3 Å². The Morgan fingerprint density at radius 1 is 1.35 bits per heavy atom. The Bertz CT molecular complexity index is 360. The van der Waals surface area contributed by atoms with Crippen LogP contribution >= 0.6 is 0 Å². The summed E-state index contributed by atoms with van der Waals surface area (Å²) in [4.78, 5) is 12.0. The molecule has 0 bridgehead atoms. The summed E-state index contributed by atoms with van der Waals surface area (Å²) in [6.07, 6.45) is -0.221. The minimum atomic E-state index is -0.641. The van der Waals surface area contributed by atoms with Crippen molar-refractivity contribution in [2.45, 2.75) is 39.3 Å². The molecule has 17 heavy (non-hydrogen) atoms. The number of nitrogens with one attached hydrogen (secondary N) is 1. The van der Waals surface area contributed by atoms with Crippen molar-refractivity contribution in [3.63, 3.8) is 0 Å². The predicted octanol–water partition coefficient (Wildman–Crippen LogP) is 2.68. The molecule has 3 heteroatoms. The average molecular weight is 235 g/mol. The van der Waals surface area contributed by atoms with Crippen LogP contribution in [-0.2, 0) is 9.53 Å². The topological polar surface area (TPSA) is 38.3 Å². The molecule has 1 N–H and O–H groups in total. The molecule has 1 rings (SSSR count). The van der Waals surface area contributed by atoms with Gasteiger partial charge in [0.25, 0.3) is 0 Å². The van der Waals surface area contributed by atoms with Gasteiger partial charge >= 0.3 is 5.97 Å². The van der Waals surface area contributed by atoms with E-state index in [1.54, 1.807) is 0 Å². The zero-order valence-corrected chi connectivity index (χ0v) is 11.0. The molecule has 0 aliphatic heterocycles. The number of hydrogen-bond donors (Lipinski definition) is 1. The molecule has 0 saturated carbocycles. The van der Waals surface area contributed by atoms with Gasteiger partial charge in [0.2, 0.25) is 0 Å². The number of benzene rings is 1. The molecule has 0 amide bonds. The Hall–Kier alpha value is -1.35. The third kappa shape index (κ3) is 3.86. The Morgan fingerprint density at radius 3 is 2.47 bits per heavy atom. The van der Waals surface area contributed by atoms with Gasteiger partial charge in [0, 0.05) is 0 Å². The maximum absolute atomic E-state index is 12.0. The zero-order chi connectivity index (χ0) is 12.9. The molecule has 0 heterocycles. The van der Waals surface area contributed by atoms with Gasteiger partial charge in [-0.2, -0.15) is 0 Å². The Morgan fingerprint density at radius 2 is 1.94 bits per heavy atom. The fraction of sp³-hybridized carbons (Fsp3) is 0.500. The van der Waals surface area contributed by atoms with Crippen molar-refractivity contribution in [2.75, 3.05) is 6.54 Å². The van der Waals surface area contributed by atoms with Crippen LogP contribution in [0.5, 0.6) is 0 Å². The van der Waals surface area contributed by atoms with Crippen LogP contribution in [0.1, 0.15) is 39.4 Å². The van der Waals surface area contributed by atoms with Crippen LogP contribution < -0.4 is 5.32 Å². The van der Waals surface area contributed by atoms with Gasteiger partial charge in [0.05, 0.1) is 0 Å². The number of hydrogen-bond acceptors (Lipinski definition) is 3. The number of carbonyl (C=O) groups excluding carboxylic acids is 1. The maximum Gasteiger partial charge on any atom is 0.326 e. The summed E-state index contributed by atoms with van der Waals surface area (Å²) in [5, 5.41) is 3.10. The lowest BCUT2D eigenvalue weighted by Gasteiger charge is -2.25. The van der Waals surface area contributed by atoms with Gasteiger partial charge in [-0.15, -0.1) is 0 Å². The average Bonchev–Trinajstić information content (AvgIpc) is 2.30. The number of likely N-dealkylation sites (N-methyl/N-ethyl adjacent to an activating group) is 1. The lowest BCUT2D eigenvalue weighted by Crippen LogP contribution is -2.47. The smallest absolute Gasteiger partial charge is 0.326 e. The second-order valence-electron chi connectivity index (χ2n) is 4.61. The highest BCUT2D eigenvalue weighted by Crippen LogP contribution is 2.18. The van der Waals surface area contributed by atoms with Gasteiger partial charge in [-0.05, 0) is 32.9 Å². The fourth-order valence-corrected chi connectivity index (χ4v) is 1.61. The van der Waals surface area contributed by atoms with Gasteiger partial charge in [-0.25, -0.2) is 0 Å². The van der Waals surface area contributed by atoms with E-state index >= 15 is 0 Å². The predicted molar refractivity (Wildman–Crippen MR) is 68.7 cm³/mol. The molecule has 1 aromatic rings. The molecular formula is C14H21NO2. The van der Waals surface area contributed by atoms with Crippen LogP contribution in [0.3, 0.4) is 0 Å². The molecular weight excluding hydrogens is 214 g/mol. The van der Waals surface area contributed by atoms with E-state index in [-0.39, 0.29) is 12.1 Å². The highest BCUT2D eigenvalue weighted by atomic mass is 16.5. The summed E-state index contributed by atoms with van der Waals surface area (Å²) in [7, 11) is 0. The minimum absolute atomic E-state index is 0.221. The molecule has 0 radical (unpaired) electrons. The molecule has 3 nitrogen and oxygen atoms in total. The van der Waals surface area contributed by atoms with E-state index in [2.05, 4.69) is 5.32 Å². The SMILES string of the molecule is CCNC(C)(C)C(=O)OC(C)c1ccccc1.